The lowest BCUT2D eigenvalue weighted by molar-refractivity contribution is -0.145. The fraction of sp³-hybridized carbons (Fsp3) is 0.958. The van der Waals surface area contributed by atoms with E-state index in [0.717, 1.165) is 25.9 Å². The van der Waals surface area contributed by atoms with Gasteiger partial charge in [-0.05, 0) is 32.4 Å². The Hall–Kier alpha value is -0.570. The molecule has 0 heterocycles. The van der Waals surface area contributed by atoms with Crippen LogP contribution in [0.25, 0.3) is 0 Å². The predicted octanol–water partition coefficient (Wildman–Crippen LogP) is 7.13. The Bertz CT molecular complexity index is 289. The Morgan fingerprint density at radius 3 is 1.44 bits per heavy atom. The molecule has 0 atom stereocenters. The molecule has 0 bridgehead atoms. The van der Waals surface area contributed by atoms with E-state index in [9.17, 15) is 4.79 Å². The first-order valence-electron chi connectivity index (χ1n) is 12.1. The normalized spacial score (nSPS) is 11.3. The van der Waals surface area contributed by atoms with Crippen LogP contribution in [0.4, 0.5) is 0 Å². The molecule has 0 aromatic heterocycles. The number of carbonyl (C=O) groups excluding carboxylic acids is 1. The fourth-order valence-electron chi connectivity index (χ4n) is 3.41. The summed E-state index contributed by atoms with van der Waals surface area (Å²) in [6, 6.07) is 0. The van der Waals surface area contributed by atoms with Crippen LogP contribution in [0.2, 0.25) is 0 Å². The molecule has 0 fully saturated rings. The third-order valence-electron chi connectivity index (χ3n) is 5.27. The van der Waals surface area contributed by atoms with Gasteiger partial charge in [-0.15, -0.1) is 0 Å². The maximum Gasteiger partial charge on any atom is 0.320 e. The summed E-state index contributed by atoms with van der Waals surface area (Å²) in [5.74, 6) is -0.0330. The number of hydrogen-bond donors (Lipinski definition) is 0. The molecule has 162 valence electrons. The Labute approximate surface area is 170 Å². The standard InChI is InChI=1S/C24H49NO2/c1-4-7-10-12-14-16-18-20-25(23-24(26)27-22-9-6-3)21-19-17-15-13-11-8-5-2/h4-23H2,1-3H3. The van der Waals surface area contributed by atoms with Crippen LogP contribution in [0.3, 0.4) is 0 Å². The third-order valence-corrected chi connectivity index (χ3v) is 5.27. The van der Waals surface area contributed by atoms with Crippen molar-refractivity contribution in [2.24, 2.45) is 0 Å². The van der Waals surface area contributed by atoms with Crippen LogP contribution in [-0.2, 0) is 9.53 Å². The van der Waals surface area contributed by atoms with Gasteiger partial charge < -0.3 is 4.74 Å². The molecule has 0 aromatic carbocycles. The number of carbonyl (C=O) groups is 1. The van der Waals surface area contributed by atoms with Gasteiger partial charge in [0.2, 0.25) is 0 Å². The molecule has 0 saturated carbocycles. The van der Waals surface area contributed by atoms with Gasteiger partial charge >= 0.3 is 5.97 Å². The van der Waals surface area contributed by atoms with E-state index >= 15 is 0 Å². The summed E-state index contributed by atoms with van der Waals surface area (Å²) < 4.78 is 5.38. The number of hydrogen-bond acceptors (Lipinski definition) is 3. The quantitative estimate of drug-likeness (QED) is 0.156. The molecule has 0 saturated heterocycles. The first-order chi connectivity index (χ1) is 13.2. The second kappa shape index (κ2) is 21.7. The van der Waals surface area contributed by atoms with E-state index in [1.807, 2.05) is 0 Å². The molecule has 0 unspecified atom stereocenters. The molecule has 0 aliphatic carbocycles. The smallest absolute Gasteiger partial charge is 0.320 e. The van der Waals surface area contributed by atoms with Crippen molar-refractivity contribution < 1.29 is 9.53 Å². The summed E-state index contributed by atoms with van der Waals surface area (Å²) in [4.78, 5) is 14.4. The molecule has 0 radical (unpaired) electrons. The molecule has 0 N–H and O–H groups in total. The number of nitrogens with zero attached hydrogens (tertiary/aromatic N) is 1. The Balaban J connectivity index is 3.96. The SMILES string of the molecule is CCCCCCCCCN(CCCCCCCCC)CC(=O)OCCCC. The topological polar surface area (TPSA) is 29.5 Å². The van der Waals surface area contributed by atoms with E-state index in [1.54, 1.807) is 0 Å². The highest BCUT2D eigenvalue weighted by molar-refractivity contribution is 5.71. The zero-order valence-electron chi connectivity index (χ0n) is 18.9. The second-order valence-corrected chi connectivity index (χ2v) is 8.09. The van der Waals surface area contributed by atoms with Crippen molar-refractivity contribution >= 4 is 5.97 Å². The average molecular weight is 384 g/mol. The summed E-state index contributed by atoms with van der Waals surface area (Å²) in [5, 5.41) is 0. The highest BCUT2D eigenvalue weighted by atomic mass is 16.5. The third kappa shape index (κ3) is 20.0. The number of ether oxygens (including phenoxy) is 1. The summed E-state index contributed by atoms with van der Waals surface area (Å²) in [5.41, 5.74) is 0. The van der Waals surface area contributed by atoms with Crippen LogP contribution >= 0.6 is 0 Å². The van der Waals surface area contributed by atoms with E-state index in [4.69, 9.17) is 4.74 Å². The lowest BCUT2D eigenvalue weighted by atomic mass is 10.1. The highest BCUT2D eigenvalue weighted by Gasteiger charge is 2.11. The summed E-state index contributed by atoms with van der Waals surface area (Å²) in [6.45, 7) is 9.82. The largest absolute Gasteiger partial charge is 0.465 e. The molecule has 0 aliphatic rings. The zero-order valence-corrected chi connectivity index (χ0v) is 18.9. The van der Waals surface area contributed by atoms with E-state index in [1.165, 1.54) is 89.9 Å². The van der Waals surface area contributed by atoms with Crippen LogP contribution in [0, 0.1) is 0 Å². The molecule has 3 heteroatoms. The van der Waals surface area contributed by atoms with E-state index < -0.39 is 0 Å². The van der Waals surface area contributed by atoms with Crippen LogP contribution in [0.5, 0.6) is 0 Å². The van der Waals surface area contributed by atoms with Gasteiger partial charge in [-0.3, -0.25) is 9.69 Å². The fourth-order valence-corrected chi connectivity index (χ4v) is 3.41. The molecule has 0 amide bonds. The van der Waals surface area contributed by atoms with Crippen molar-refractivity contribution in [2.75, 3.05) is 26.2 Å². The van der Waals surface area contributed by atoms with Gasteiger partial charge in [-0.1, -0.05) is 104 Å². The summed E-state index contributed by atoms with van der Waals surface area (Å²) in [7, 11) is 0. The van der Waals surface area contributed by atoms with Gasteiger partial charge in [0, 0.05) is 0 Å². The maximum atomic E-state index is 12.1. The van der Waals surface area contributed by atoms with Gasteiger partial charge in [0.05, 0.1) is 13.2 Å². The van der Waals surface area contributed by atoms with Crippen LogP contribution in [0.1, 0.15) is 124 Å². The second-order valence-electron chi connectivity index (χ2n) is 8.09. The van der Waals surface area contributed by atoms with Crippen LogP contribution < -0.4 is 0 Å². The van der Waals surface area contributed by atoms with Crippen molar-refractivity contribution in [1.82, 2.24) is 4.90 Å². The number of unbranched alkanes of at least 4 members (excludes halogenated alkanes) is 13. The van der Waals surface area contributed by atoms with Crippen molar-refractivity contribution in [3.05, 3.63) is 0 Å². The molecular weight excluding hydrogens is 334 g/mol. The number of rotatable bonds is 21. The molecule has 27 heavy (non-hydrogen) atoms. The molecule has 3 nitrogen and oxygen atoms in total. The van der Waals surface area contributed by atoms with Gasteiger partial charge in [0.15, 0.2) is 0 Å². The van der Waals surface area contributed by atoms with E-state index in [2.05, 4.69) is 25.7 Å². The van der Waals surface area contributed by atoms with Crippen LogP contribution in [0.15, 0.2) is 0 Å². The van der Waals surface area contributed by atoms with Gasteiger partial charge in [0.1, 0.15) is 0 Å². The number of esters is 1. The first kappa shape index (κ1) is 26.4. The van der Waals surface area contributed by atoms with Crippen molar-refractivity contribution in [2.45, 2.75) is 124 Å². The molecule has 0 aromatic rings. The summed E-state index contributed by atoms with van der Waals surface area (Å²) >= 11 is 0. The monoisotopic (exact) mass is 383 g/mol. The van der Waals surface area contributed by atoms with E-state index in [-0.39, 0.29) is 5.97 Å². The van der Waals surface area contributed by atoms with Gasteiger partial charge in [-0.2, -0.15) is 0 Å². The molecule has 0 spiro atoms. The van der Waals surface area contributed by atoms with Gasteiger partial charge in [0.25, 0.3) is 0 Å². The minimum Gasteiger partial charge on any atom is -0.465 e. The minimum absolute atomic E-state index is 0.0330. The van der Waals surface area contributed by atoms with Crippen molar-refractivity contribution in [3.63, 3.8) is 0 Å². The average Bonchev–Trinajstić information content (AvgIpc) is 2.66. The Kier molecular flexibility index (Phi) is 21.3. The van der Waals surface area contributed by atoms with Crippen LogP contribution in [-0.4, -0.2) is 37.1 Å². The lowest BCUT2D eigenvalue weighted by Crippen LogP contribution is -2.33. The molecular formula is C24H49NO2. The first-order valence-corrected chi connectivity index (χ1v) is 12.1. The Morgan fingerprint density at radius 2 is 1.00 bits per heavy atom. The maximum absolute atomic E-state index is 12.1. The molecule has 0 rings (SSSR count). The van der Waals surface area contributed by atoms with Crippen molar-refractivity contribution in [1.29, 1.82) is 0 Å². The zero-order chi connectivity index (χ0) is 20.0. The summed E-state index contributed by atoms with van der Waals surface area (Å²) in [6.07, 6.45) is 20.6. The van der Waals surface area contributed by atoms with E-state index in [0.29, 0.717) is 13.2 Å². The van der Waals surface area contributed by atoms with Crippen molar-refractivity contribution in [3.8, 4) is 0 Å². The predicted molar refractivity (Wildman–Crippen MR) is 118 cm³/mol. The molecule has 0 aliphatic heterocycles. The minimum atomic E-state index is -0.0330. The lowest BCUT2D eigenvalue weighted by Gasteiger charge is -2.21. The Morgan fingerprint density at radius 1 is 0.593 bits per heavy atom. The highest BCUT2D eigenvalue weighted by Crippen LogP contribution is 2.10. The van der Waals surface area contributed by atoms with Gasteiger partial charge in [-0.25, -0.2) is 0 Å².